The van der Waals surface area contributed by atoms with Gasteiger partial charge in [-0.2, -0.15) is 0 Å². The number of benzene rings is 1. The van der Waals surface area contributed by atoms with Crippen LogP contribution in [0.15, 0.2) is 28.7 Å². The van der Waals surface area contributed by atoms with E-state index in [4.69, 9.17) is 4.74 Å². The third-order valence-corrected chi connectivity index (χ3v) is 4.08. The zero-order chi connectivity index (χ0) is 13.2. The molecule has 0 aliphatic carbocycles. The molecule has 0 aromatic heterocycles. The second-order valence-corrected chi connectivity index (χ2v) is 6.65. The average Bonchev–Trinajstić information content (AvgIpc) is 2.28. The molecule has 0 saturated carbocycles. The van der Waals surface area contributed by atoms with Crippen LogP contribution in [0.5, 0.6) is 0 Å². The molecule has 1 aliphatic rings. The predicted molar refractivity (Wildman–Crippen MR) is 78.7 cm³/mol. The van der Waals surface area contributed by atoms with Crippen LogP contribution in [0.3, 0.4) is 0 Å². The Morgan fingerprint density at radius 2 is 2.00 bits per heavy atom. The molecular weight excluding hydrogens is 290 g/mol. The normalized spacial score (nSPS) is 24.8. The molecule has 100 valence electrons. The lowest BCUT2D eigenvalue weighted by Crippen LogP contribution is -2.44. The van der Waals surface area contributed by atoms with E-state index in [1.165, 1.54) is 5.56 Å². The first-order valence-corrected chi connectivity index (χ1v) is 7.41. The molecule has 1 unspecified atom stereocenters. The zero-order valence-corrected chi connectivity index (χ0v) is 13.0. The fourth-order valence-corrected chi connectivity index (χ4v) is 2.84. The molecule has 1 aromatic carbocycles. The topological polar surface area (TPSA) is 21.3 Å². The molecule has 2 rings (SSSR count). The van der Waals surface area contributed by atoms with Gasteiger partial charge in [0.1, 0.15) is 0 Å². The molecule has 1 fully saturated rings. The van der Waals surface area contributed by atoms with Crippen LogP contribution in [0.2, 0.25) is 0 Å². The maximum absolute atomic E-state index is 5.75. The van der Waals surface area contributed by atoms with E-state index in [9.17, 15) is 0 Å². The van der Waals surface area contributed by atoms with E-state index < -0.39 is 0 Å². The lowest BCUT2D eigenvalue weighted by atomic mass is 9.93. The van der Waals surface area contributed by atoms with Gasteiger partial charge < -0.3 is 10.1 Å². The molecule has 0 radical (unpaired) electrons. The van der Waals surface area contributed by atoms with Crippen molar-refractivity contribution in [3.05, 3.63) is 34.3 Å². The van der Waals surface area contributed by atoms with Crippen LogP contribution in [-0.2, 0) is 4.74 Å². The van der Waals surface area contributed by atoms with Gasteiger partial charge in [-0.15, -0.1) is 0 Å². The van der Waals surface area contributed by atoms with Crippen LogP contribution in [0.25, 0.3) is 0 Å². The highest BCUT2D eigenvalue weighted by Crippen LogP contribution is 2.26. The van der Waals surface area contributed by atoms with Gasteiger partial charge in [0, 0.05) is 23.2 Å². The standard InChI is InChI=1S/C15H22BrNO/c1-11(12-4-6-13(16)7-5-12)17-14-8-9-18-15(2,3)10-14/h4-7,11,14,17H,8-10H2,1-3H3/t11-,14?/m1/s1. The van der Waals surface area contributed by atoms with Crippen molar-refractivity contribution in [3.8, 4) is 0 Å². The summed E-state index contributed by atoms with van der Waals surface area (Å²) in [6.45, 7) is 7.43. The van der Waals surface area contributed by atoms with Crippen molar-refractivity contribution >= 4 is 15.9 Å². The summed E-state index contributed by atoms with van der Waals surface area (Å²) in [4.78, 5) is 0. The molecule has 0 amide bonds. The molecule has 2 nitrogen and oxygen atoms in total. The van der Waals surface area contributed by atoms with Gasteiger partial charge in [0.25, 0.3) is 0 Å². The number of halogens is 1. The van der Waals surface area contributed by atoms with Crippen molar-refractivity contribution in [2.75, 3.05) is 6.61 Å². The molecule has 0 spiro atoms. The molecule has 3 heteroatoms. The van der Waals surface area contributed by atoms with Crippen molar-refractivity contribution in [3.63, 3.8) is 0 Å². The molecule has 1 heterocycles. The molecule has 18 heavy (non-hydrogen) atoms. The summed E-state index contributed by atoms with van der Waals surface area (Å²) in [6.07, 6.45) is 2.18. The Balaban J connectivity index is 1.94. The number of nitrogens with one attached hydrogen (secondary N) is 1. The molecule has 0 bridgehead atoms. The van der Waals surface area contributed by atoms with Gasteiger partial charge in [0.05, 0.1) is 5.60 Å². The van der Waals surface area contributed by atoms with Gasteiger partial charge in [-0.3, -0.25) is 0 Å². The summed E-state index contributed by atoms with van der Waals surface area (Å²) in [5.74, 6) is 0. The van der Waals surface area contributed by atoms with Crippen molar-refractivity contribution < 1.29 is 4.74 Å². The molecule has 2 atom stereocenters. The third kappa shape index (κ3) is 3.81. The summed E-state index contributed by atoms with van der Waals surface area (Å²) in [5, 5.41) is 3.71. The second kappa shape index (κ2) is 5.72. The smallest absolute Gasteiger partial charge is 0.0641 e. The summed E-state index contributed by atoms with van der Waals surface area (Å²) in [7, 11) is 0. The van der Waals surface area contributed by atoms with E-state index in [1.54, 1.807) is 0 Å². The number of ether oxygens (including phenoxy) is 1. The van der Waals surface area contributed by atoms with Gasteiger partial charge in [-0.05, 0) is 51.3 Å². The first kappa shape index (κ1) is 14.0. The fraction of sp³-hybridized carbons (Fsp3) is 0.600. The van der Waals surface area contributed by atoms with Crippen LogP contribution in [0.1, 0.15) is 45.2 Å². The zero-order valence-electron chi connectivity index (χ0n) is 11.4. The fourth-order valence-electron chi connectivity index (χ4n) is 2.58. The van der Waals surface area contributed by atoms with Crippen LogP contribution in [-0.4, -0.2) is 18.2 Å². The van der Waals surface area contributed by atoms with E-state index in [2.05, 4.69) is 66.3 Å². The van der Waals surface area contributed by atoms with Crippen molar-refractivity contribution in [2.45, 2.75) is 51.3 Å². The average molecular weight is 312 g/mol. The lowest BCUT2D eigenvalue weighted by molar-refractivity contribution is -0.0639. The largest absolute Gasteiger partial charge is 0.375 e. The summed E-state index contributed by atoms with van der Waals surface area (Å²) >= 11 is 3.47. The first-order valence-electron chi connectivity index (χ1n) is 6.62. The Hall–Kier alpha value is -0.380. The summed E-state index contributed by atoms with van der Waals surface area (Å²) < 4.78 is 6.88. The van der Waals surface area contributed by atoms with Crippen molar-refractivity contribution in [1.29, 1.82) is 0 Å². The van der Waals surface area contributed by atoms with Gasteiger partial charge in [-0.1, -0.05) is 28.1 Å². The Bertz CT molecular complexity index is 388. The minimum absolute atomic E-state index is 0.00928. The highest BCUT2D eigenvalue weighted by Gasteiger charge is 2.29. The molecule has 1 saturated heterocycles. The van der Waals surface area contributed by atoms with E-state index >= 15 is 0 Å². The van der Waals surface area contributed by atoms with Crippen molar-refractivity contribution in [1.82, 2.24) is 5.32 Å². The lowest BCUT2D eigenvalue weighted by Gasteiger charge is -2.37. The molecular formula is C15H22BrNO. The maximum Gasteiger partial charge on any atom is 0.0641 e. The number of hydrogen-bond donors (Lipinski definition) is 1. The van der Waals surface area contributed by atoms with Crippen LogP contribution in [0.4, 0.5) is 0 Å². The Morgan fingerprint density at radius 1 is 1.33 bits per heavy atom. The Morgan fingerprint density at radius 3 is 2.61 bits per heavy atom. The van der Waals surface area contributed by atoms with E-state index in [0.29, 0.717) is 12.1 Å². The minimum atomic E-state index is 0.00928. The van der Waals surface area contributed by atoms with Gasteiger partial charge in [0.2, 0.25) is 0 Å². The van der Waals surface area contributed by atoms with Gasteiger partial charge in [0.15, 0.2) is 0 Å². The minimum Gasteiger partial charge on any atom is -0.375 e. The maximum atomic E-state index is 5.75. The van der Waals surface area contributed by atoms with E-state index in [-0.39, 0.29) is 5.60 Å². The van der Waals surface area contributed by atoms with Crippen LogP contribution in [0, 0.1) is 0 Å². The quantitative estimate of drug-likeness (QED) is 0.909. The molecule has 1 N–H and O–H groups in total. The Labute approximate surface area is 118 Å². The van der Waals surface area contributed by atoms with Crippen LogP contribution >= 0.6 is 15.9 Å². The summed E-state index contributed by atoms with van der Waals surface area (Å²) in [5.41, 5.74) is 1.34. The number of rotatable bonds is 3. The first-order chi connectivity index (χ1) is 8.46. The van der Waals surface area contributed by atoms with Gasteiger partial charge >= 0.3 is 0 Å². The van der Waals surface area contributed by atoms with Crippen LogP contribution < -0.4 is 5.32 Å². The second-order valence-electron chi connectivity index (χ2n) is 5.74. The molecule has 1 aliphatic heterocycles. The van der Waals surface area contributed by atoms with Gasteiger partial charge in [-0.25, -0.2) is 0 Å². The van der Waals surface area contributed by atoms with Crippen molar-refractivity contribution in [2.24, 2.45) is 0 Å². The monoisotopic (exact) mass is 311 g/mol. The molecule has 1 aromatic rings. The Kier molecular flexibility index (Phi) is 4.46. The highest BCUT2D eigenvalue weighted by molar-refractivity contribution is 9.10. The van der Waals surface area contributed by atoms with E-state index in [1.807, 2.05) is 0 Å². The highest BCUT2D eigenvalue weighted by atomic mass is 79.9. The number of hydrogen-bond acceptors (Lipinski definition) is 2. The third-order valence-electron chi connectivity index (χ3n) is 3.55. The SMILES string of the molecule is C[C@@H](NC1CCOC(C)(C)C1)c1ccc(Br)cc1. The predicted octanol–water partition coefficient (Wildman–Crippen LogP) is 4.06. The summed E-state index contributed by atoms with van der Waals surface area (Å²) in [6, 6.07) is 9.48. The van der Waals surface area contributed by atoms with E-state index in [0.717, 1.165) is 23.9 Å².